The van der Waals surface area contributed by atoms with Gasteiger partial charge in [0, 0.05) is 0 Å². The summed E-state index contributed by atoms with van der Waals surface area (Å²) in [6, 6.07) is 1.93. The van der Waals surface area contributed by atoms with Gasteiger partial charge < -0.3 is 40.1 Å². The molecule has 0 aromatic heterocycles. The van der Waals surface area contributed by atoms with Gasteiger partial charge in [0.25, 0.3) is 0 Å². The number of carbonyl (C=O) groups is 2. The van der Waals surface area contributed by atoms with Gasteiger partial charge in [-0.15, -0.1) is 0 Å². The molecule has 6 N–H and O–H groups in total. The minimum atomic E-state index is -2.39. The highest BCUT2D eigenvalue weighted by molar-refractivity contribution is 6.43. The van der Waals surface area contributed by atoms with Crippen molar-refractivity contribution in [1.82, 2.24) is 0 Å². The molecule has 0 saturated heterocycles. The van der Waals surface area contributed by atoms with E-state index < -0.39 is 48.6 Å². The number of ketones is 2. The fourth-order valence-corrected chi connectivity index (χ4v) is 2.02. The van der Waals surface area contributed by atoms with E-state index in [-0.39, 0.29) is 22.8 Å². The fraction of sp³-hybridized carbons (Fsp3) is 0.412. The second-order valence-electron chi connectivity index (χ2n) is 5.42. The molecular weight excluding hydrogens is 364 g/mol. The van der Waals surface area contributed by atoms with Crippen molar-refractivity contribution in [3.63, 3.8) is 0 Å². The Labute approximate surface area is 155 Å². The zero-order valence-electron chi connectivity index (χ0n) is 15.6. The molecule has 0 spiro atoms. The third kappa shape index (κ3) is 5.49. The second-order valence-corrected chi connectivity index (χ2v) is 5.42. The Morgan fingerprint density at radius 3 is 2.07 bits per heavy atom. The number of methoxy groups -OCH3 is 2. The van der Waals surface area contributed by atoms with Gasteiger partial charge in [0.05, 0.1) is 22.2 Å². The number of phenolic OH excluding ortho intramolecular Hbond substituents is 1. The third-order valence-electron chi connectivity index (χ3n) is 3.62. The predicted octanol–water partition coefficient (Wildman–Crippen LogP) is -2.00. The van der Waals surface area contributed by atoms with Crippen LogP contribution in [0.1, 0.15) is 6.93 Å². The summed E-state index contributed by atoms with van der Waals surface area (Å²) >= 11 is 0. The van der Waals surface area contributed by atoms with Gasteiger partial charge in [-0.3, -0.25) is 9.59 Å². The molecule has 0 bridgehead atoms. The molecule has 150 valence electrons. The molecular formula is C17H22O10. The quantitative estimate of drug-likeness (QED) is 0.194. The molecule has 0 aliphatic heterocycles. The largest absolute Gasteiger partial charge is 0.502 e. The van der Waals surface area contributed by atoms with Gasteiger partial charge in [0.15, 0.2) is 11.5 Å². The molecule has 0 aliphatic rings. The van der Waals surface area contributed by atoms with Gasteiger partial charge in [-0.1, -0.05) is 6.05 Å². The minimum Gasteiger partial charge on any atom is -0.502 e. The normalized spacial score (nSPS) is 16.7. The Hall–Kier alpha value is -2.50. The van der Waals surface area contributed by atoms with Crippen molar-refractivity contribution in [3.8, 4) is 17.2 Å². The van der Waals surface area contributed by atoms with E-state index >= 15 is 0 Å². The van der Waals surface area contributed by atoms with E-state index in [0.717, 1.165) is 0 Å². The molecule has 0 aliphatic carbocycles. The highest BCUT2D eigenvalue weighted by atomic mass is 16.5. The van der Waals surface area contributed by atoms with Crippen LogP contribution in [0.25, 0.3) is 6.05 Å². The summed E-state index contributed by atoms with van der Waals surface area (Å²) in [5, 5.41) is 56.6. The van der Waals surface area contributed by atoms with Crippen molar-refractivity contribution in [2.24, 2.45) is 0 Å². The molecule has 1 aromatic rings. The van der Waals surface area contributed by atoms with Crippen LogP contribution in [0.2, 0.25) is 0 Å². The number of aliphatic hydroxyl groups is 5. The van der Waals surface area contributed by atoms with Crippen LogP contribution >= 0.6 is 0 Å². The van der Waals surface area contributed by atoms with Crippen LogP contribution in [0.4, 0.5) is 0 Å². The molecule has 0 radical (unpaired) electrons. The van der Waals surface area contributed by atoms with Crippen LogP contribution in [-0.2, 0) is 9.59 Å². The molecule has 0 fully saturated rings. The van der Waals surface area contributed by atoms with Crippen LogP contribution in [0.3, 0.4) is 0 Å². The Balaban J connectivity index is 3.07. The van der Waals surface area contributed by atoms with E-state index in [4.69, 9.17) is 16.0 Å². The maximum atomic E-state index is 12.0. The number of aliphatic hydroxyl groups excluding tert-OH is 5. The number of allylic oxidation sites excluding steroid dienone is 1. The molecule has 0 unspecified atom stereocenters. The van der Waals surface area contributed by atoms with Gasteiger partial charge >= 0.3 is 0 Å². The number of hydrogen-bond donors (Lipinski definition) is 6. The maximum absolute atomic E-state index is 12.0. The fourth-order valence-electron chi connectivity index (χ4n) is 2.02. The van der Waals surface area contributed by atoms with E-state index in [1.54, 1.807) is 0 Å². The number of carbonyl (C=O) groups excluding carboxylic acids is 2. The van der Waals surface area contributed by atoms with E-state index in [9.17, 15) is 35.1 Å². The first-order valence-corrected chi connectivity index (χ1v) is 7.63. The summed E-state index contributed by atoms with van der Waals surface area (Å²) in [4.78, 5) is 23.9. The Morgan fingerprint density at radius 2 is 1.63 bits per heavy atom. The van der Waals surface area contributed by atoms with Gasteiger partial charge in [0.1, 0.15) is 24.4 Å². The monoisotopic (exact) mass is 387 g/mol. The van der Waals surface area contributed by atoms with Crippen molar-refractivity contribution in [2.75, 3.05) is 20.8 Å². The van der Waals surface area contributed by atoms with Crippen LogP contribution in [0, 0.1) is 0 Å². The molecule has 10 heteroatoms. The highest BCUT2D eigenvalue weighted by Crippen LogP contribution is 2.37. The Bertz CT molecular complexity index is 722. The summed E-state index contributed by atoms with van der Waals surface area (Å²) in [5.74, 6) is -3.35. The van der Waals surface area contributed by atoms with E-state index in [2.05, 4.69) is 0 Å². The average molecular weight is 387 g/mol. The lowest BCUT2D eigenvalue weighted by atomic mass is 9.98. The average Bonchev–Trinajstić information content (AvgIpc) is 2.70. The van der Waals surface area contributed by atoms with Crippen molar-refractivity contribution in [3.05, 3.63) is 23.8 Å². The van der Waals surface area contributed by atoms with Crippen LogP contribution in [0.5, 0.6) is 17.2 Å². The first kappa shape index (κ1) is 20.8. The number of Topliss-reactive ketones (excluding diaryl/α,β-unsaturated/α-hetero) is 1. The molecule has 0 saturated carbocycles. The number of ether oxygens (including phenoxy) is 2. The second kappa shape index (κ2) is 10.00. The van der Waals surface area contributed by atoms with Gasteiger partial charge in [-0.25, -0.2) is 0 Å². The summed E-state index contributed by atoms with van der Waals surface area (Å²) < 4.78 is 17.8. The maximum Gasteiger partial charge on any atom is 0.233 e. The Morgan fingerprint density at radius 1 is 1.11 bits per heavy atom. The number of benzene rings is 1. The molecule has 10 nitrogen and oxygen atoms in total. The lowest BCUT2D eigenvalue weighted by Gasteiger charge is -2.24. The highest BCUT2D eigenvalue weighted by Gasteiger charge is 2.36. The van der Waals surface area contributed by atoms with Gasteiger partial charge in [0.2, 0.25) is 17.3 Å². The number of rotatable bonds is 10. The zero-order valence-corrected chi connectivity index (χ0v) is 14.6. The molecule has 1 rings (SSSR count). The lowest BCUT2D eigenvalue weighted by Crippen LogP contribution is -2.49. The molecule has 0 heterocycles. The number of phenols is 1. The molecule has 27 heavy (non-hydrogen) atoms. The standard InChI is InChI=1S/C17H22O10/c1-26-11-5-8(6-12(27-2)15(11)23)3-4-9(19)13(21)16(24)17(25)14(22)10(20)7-18/h3-6,10,14,16-18,20,22-25H,7H2,1-2H3/b4-3+/t10-,14-,16+,17+/m1/s1/i3D. The summed E-state index contributed by atoms with van der Waals surface area (Å²) in [6.45, 7) is -0.950. The van der Waals surface area contributed by atoms with Gasteiger partial charge in [-0.05, 0) is 23.8 Å². The number of hydrogen-bond acceptors (Lipinski definition) is 10. The smallest absolute Gasteiger partial charge is 0.233 e. The van der Waals surface area contributed by atoms with Crippen molar-refractivity contribution < 1.29 is 51.1 Å². The number of aromatic hydroxyl groups is 1. The summed E-state index contributed by atoms with van der Waals surface area (Å²) in [7, 11) is 2.51. The van der Waals surface area contributed by atoms with Crippen LogP contribution in [0.15, 0.2) is 18.2 Å². The molecule has 4 atom stereocenters. The lowest BCUT2D eigenvalue weighted by molar-refractivity contribution is -0.152. The van der Waals surface area contributed by atoms with Crippen molar-refractivity contribution in [1.29, 1.82) is 0 Å². The zero-order chi connectivity index (χ0) is 21.6. The van der Waals surface area contributed by atoms with Crippen molar-refractivity contribution in [2.45, 2.75) is 24.4 Å². The first-order chi connectivity index (χ1) is 13.1. The minimum absolute atomic E-state index is 0.0402. The molecule has 1 aromatic carbocycles. The summed E-state index contributed by atoms with van der Waals surface area (Å²) in [6.07, 6.45) is -8.00. The van der Waals surface area contributed by atoms with Crippen molar-refractivity contribution >= 4 is 17.6 Å². The van der Waals surface area contributed by atoms with Crippen LogP contribution < -0.4 is 9.47 Å². The topological polar surface area (TPSA) is 174 Å². The molecule has 0 amide bonds. The SMILES string of the molecule is [2H]/C(=C\C(=O)C(=O)[C@H](O)[C@@H](O)[C@H](O)[C@H](O)CO)c1cc(OC)c(O)c(OC)c1. The Kier molecular flexibility index (Phi) is 7.70. The van der Waals surface area contributed by atoms with Gasteiger partial charge in [-0.2, -0.15) is 0 Å². The van der Waals surface area contributed by atoms with E-state index in [1.807, 2.05) is 0 Å². The third-order valence-corrected chi connectivity index (χ3v) is 3.62. The summed E-state index contributed by atoms with van der Waals surface area (Å²) in [5.41, 5.74) is 0.0402. The van der Waals surface area contributed by atoms with Crippen LogP contribution in [-0.4, -0.2) is 87.4 Å². The predicted molar refractivity (Wildman–Crippen MR) is 91.4 cm³/mol. The van der Waals surface area contributed by atoms with E-state index in [0.29, 0.717) is 6.08 Å². The van der Waals surface area contributed by atoms with E-state index in [1.165, 1.54) is 26.4 Å². The first-order valence-electron chi connectivity index (χ1n) is 8.13.